The van der Waals surface area contributed by atoms with E-state index >= 15 is 0 Å². The number of benzene rings is 1. The first-order chi connectivity index (χ1) is 9.77. The summed E-state index contributed by atoms with van der Waals surface area (Å²) in [5.74, 6) is 0. The molecule has 1 heterocycles. The molecule has 1 aromatic carbocycles. The third-order valence-corrected chi connectivity index (χ3v) is 4.44. The van der Waals surface area contributed by atoms with Gasteiger partial charge in [-0.25, -0.2) is 0 Å². The Morgan fingerprint density at radius 2 is 1.62 bits per heavy atom. The van der Waals surface area contributed by atoms with Crippen molar-refractivity contribution in [1.29, 1.82) is 0 Å². The molecule has 2 atom stereocenters. The molecule has 0 saturated heterocycles. The topological polar surface area (TPSA) is 12.0 Å². The molecule has 0 radical (unpaired) electrons. The Morgan fingerprint density at radius 1 is 1.05 bits per heavy atom. The van der Waals surface area contributed by atoms with E-state index in [1.54, 1.807) is 0 Å². The van der Waals surface area contributed by atoms with E-state index in [9.17, 15) is 13.2 Å². The minimum atomic E-state index is -4.30. The Bertz CT molecular complexity index is 592. The zero-order valence-corrected chi connectivity index (χ0v) is 13.1. The lowest BCUT2D eigenvalue weighted by atomic mass is 10.0. The number of alkyl halides is 3. The first kappa shape index (κ1) is 16.3. The summed E-state index contributed by atoms with van der Waals surface area (Å²) in [4.78, 5) is 0. The van der Waals surface area contributed by atoms with Crippen LogP contribution >= 0.6 is 22.9 Å². The molecule has 0 bridgehead atoms. The highest BCUT2D eigenvalue weighted by Crippen LogP contribution is 2.30. The molecule has 0 saturated carbocycles. The van der Waals surface area contributed by atoms with Crippen LogP contribution in [0.3, 0.4) is 0 Å². The minimum Gasteiger partial charge on any atom is -0.304 e. The number of rotatable bonds is 4. The summed E-state index contributed by atoms with van der Waals surface area (Å²) in [6.45, 7) is 3.92. The van der Waals surface area contributed by atoms with Crippen molar-refractivity contribution < 1.29 is 13.2 Å². The van der Waals surface area contributed by atoms with Crippen LogP contribution in [0.4, 0.5) is 13.2 Å². The number of nitrogens with one attached hydrogen (secondary N) is 1. The Labute approximate surface area is 130 Å². The van der Waals surface area contributed by atoms with Crippen molar-refractivity contribution in [1.82, 2.24) is 5.32 Å². The average Bonchev–Trinajstić information content (AvgIpc) is 2.84. The summed E-state index contributed by atoms with van der Waals surface area (Å²) >= 11 is 7.36. The number of hydrogen-bond donors (Lipinski definition) is 1. The van der Waals surface area contributed by atoms with Crippen LogP contribution in [0.1, 0.15) is 42.6 Å². The van der Waals surface area contributed by atoms with E-state index in [1.165, 1.54) is 23.5 Å². The molecule has 0 aliphatic heterocycles. The molecule has 1 N–H and O–H groups in total. The van der Waals surface area contributed by atoms with Gasteiger partial charge >= 0.3 is 6.18 Å². The highest BCUT2D eigenvalue weighted by molar-refractivity contribution is 7.14. The van der Waals surface area contributed by atoms with Gasteiger partial charge in [-0.1, -0.05) is 23.7 Å². The predicted molar refractivity (Wildman–Crippen MR) is 80.7 cm³/mol. The molecular weight excluding hydrogens is 319 g/mol. The van der Waals surface area contributed by atoms with Crippen LogP contribution in [0.2, 0.25) is 4.34 Å². The first-order valence-corrected chi connectivity index (χ1v) is 7.70. The average molecular weight is 334 g/mol. The molecule has 114 valence electrons. The van der Waals surface area contributed by atoms with E-state index in [4.69, 9.17) is 11.6 Å². The van der Waals surface area contributed by atoms with Crippen molar-refractivity contribution in [2.45, 2.75) is 32.1 Å². The van der Waals surface area contributed by atoms with Crippen molar-refractivity contribution in [3.8, 4) is 0 Å². The lowest BCUT2D eigenvalue weighted by molar-refractivity contribution is -0.137. The van der Waals surface area contributed by atoms with Crippen molar-refractivity contribution in [2.24, 2.45) is 0 Å². The summed E-state index contributed by atoms with van der Waals surface area (Å²) in [5.41, 5.74) is 1.26. The van der Waals surface area contributed by atoms with E-state index in [-0.39, 0.29) is 12.1 Å². The highest BCUT2D eigenvalue weighted by Gasteiger charge is 2.30. The quantitative estimate of drug-likeness (QED) is 0.742. The maximum absolute atomic E-state index is 12.5. The molecular formula is C15H15ClF3NS. The molecule has 0 amide bonds. The van der Waals surface area contributed by atoms with Gasteiger partial charge < -0.3 is 5.32 Å². The van der Waals surface area contributed by atoms with Gasteiger partial charge in [-0.2, -0.15) is 13.2 Å². The normalized spacial score (nSPS) is 15.0. The van der Waals surface area contributed by atoms with Gasteiger partial charge in [-0.3, -0.25) is 0 Å². The molecule has 1 nitrogen and oxygen atoms in total. The van der Waals surface area contributed by atoms with Gasteiger partial charge in [0.05, 0.1) is 9.90 Å². The van der Waals surface area contributed by atoms with Gasteiger partial charge in [0.15, 0.2) is 0 Å². The van der Waals surface area contributed by atoms with Gasteiger partial charge in [-0.15, -0.1) is 11.3 Å². The summed E-state index contributed by atoms with van der Waals surface area (Å²) in [5, 5.41) is 5.32. The van der Waals surface area contributed by atoms with E-state index in [0.29, 0.717) is 0 Å². The maximum Gasteiger partial charge on any atom is 0.416 e. The van der Waals surface area contributed by atoms with Gasteiger partial charge in [0.1, 0.15) is 0 Å². The van der Waals surface area contributed by atoms with E-state index in [2.05, 4.69) is 5.32 Å². The molecule has 0 spiro atoms. The van der Waals surface area contributed by atoms with Crippen LogP contribution in [-0.2, 0) is 6.18 Å². The molecule has 2 aromatic rings. The Kier molecular flexibility index (Phi) is 4.96. The molecule has 6 heteroatoms. The monoisotopic (exact) mass is 333 g/mol. The summed E-state index contributed by atoms with van der Waals surface area (Å²) in [6, 6.07) is 7.15. The van der Waals surface area contributed by atoms with Crippen LogP contribution in [0.5, 0.6) is 0 Å². The highest BCUT2D eigenvalue weighted by atomic mass is 35.5. The third kappa shape index (κ3) is 4.22. The molecule has 2 unspecified atom stereocenters. The maximum atomic E-state index is 12.5. The number of thiophene rings is 1. The van der Waals surface area contributed by atoms with Crippen LogP contribution in [0, 0.1) is 0 Å². The predicted octanol–water partition coefficient (Wildman–Crippen LogP) is 5.83. The largest absolute Gasteiger partial charge is 0.416 e. The smallest absolute Gasteiger partial charge is 0.304 e. The zero-order valence-electron chi connectivity index (χ0n) is 11.5. The van der Waals surface area contributed by atoms with Gasteiger partial charge in [-0.05, 0) is 48.6 Å². The van der Waals surface area contributed by atoms with E-state index in [0.717, 1.165) is 27.6 Å². The van der Waals surface area contributed by atoms with Crippen LogP contribution in [0.15, 0.2) is 35.7 Å². The second-order valence-electron chi connectivity index (χ2n) is 4.91. The standard InChI is InChI=1S/C15H15ClF3NS/c1-9(20-10(2)12-7-14(16)21-8-12)11-3-5-13(6-4-11)15(17,18)19/h3-10,20H,1-2H3. The lowest BCUT2D eigenvalue weighted by Crippen LogP contribution is -2.22. The molecule has 0 aliphatic rings. The fourth-order valence-corrected chi connectivity index (χ4v) is 3.06. The van der Waals surface area contributed by atoms with Crippen LogP contribution in [-0.4, -0.2) is 0 Å². The number of halogens is 4. The van der Waals surface area contributed by atoms with E-state index in [1.807, 2.05) is 25.3 Å². The SMILES string of the molecule is CC(NC(C)c1csc(Cl)c1)c1ccc(C(F)(F)F)cc1. The fraction of sp³-hybridized carbons (Fsp3) is 0.333. The molecule has 0 fully saturated rings. The minimum absolute atomic E-state index is 0.0547. The Morgan fingerprint density at radius 3 is 2.10 bits per heavy atom. The summed E-state index contributed by atoms with van der Waals surface area (Å²) in [6.07, 6.45) is -4.30. The second kappa shape index (κ2) is 6.38. The van der Waals surface area contributed by atoms with Gasteiger partial charge in [0, 0.05) is 12.1 Å². The molecule has 0 aliphatic carbocycles. The Hall–Kier alpha value is -1.04. The molecule has 21 heavy (non-hydrogen) atoms. The Balaban J connectivity index is 2.04. The summed E-state index contributed by atoms with van der Waals surface area (Å²) in [7, 11) is 0. The van der Waals surface area contributed by atoms with Crippen molar-refractivity contribution in [2.75, 3.05) is 0 Å². The van der Waals surface area contributed by atoms with Crippen molar-refractivity contribution >= 4 is 22.9 Å². The molecule has 1 aromatic heterocycles. The van der Waals surface area contributed by atoms with Crippen LogP contribution < -0.4 is 5.32 Å². The fourth-order valence-electron chi connectivity index (χ4n) is 2.08. The lowest BCUT2D eigenvalue weighted by Gasteiger charge is -2.20. The first-order valence-electron chi connectivity index (χ1n) is 6.44. The van der Waals surface area contributed by atoms with Crippen molar-refractivity contribution in [3.63, 3.8) is 0 Å². The van der Waals surface area contributed by atoms with Gasteiger partial charge in [0.25, 0.3) is 0 Å². The molecule has 2 rings (SSSR count). The third-order valence-electron chi connectivity index (χ3n) is 3.33. The summed E-state index contributed by atoms with van der Waals surface area (Å²) < 4.78 is 38.3. The zero-order chi connectivity index (χ0) is 15.6. The second-order valence-corrected chi connectivity index (χ2v) is 6.46. The van der Waals surface area contributed by atoms with E-state index < -0.39 is 11.7 Å². The van der Waals surface area contributed by atoms with Gasteiger partial charge in [0.2, 0.25) is 0 Å². The number of hydrogen-bond acceptors (Lipinski definition) is 2. The van der Waals surface area contributed by atoms with Crippen molar-refractivity contribution in [3.05, 3.63) is 56.7 Å². The van der Waals surface area contributed by atoms with Crippen LogP contribution in [0.25, 0.3) is 0 Å².